The van der Waals surface area contributed by atoms with Gasteiger partial charge >= 0.3 is 6.03 Å². The third kappa shape index (κ3) is 4.36. The molecule has 0 aliphatic carbocycles. The number of nitrogens with zero attached hydrogens (tertiary/aromatic N) is 2. The number of unbranched alkanes of at least 4 members (excludes halogenated alkanes) is 1. The van der Waals surface area contributed by atoms with Crippen LogP contribution in [-0.4, -0.2) is 30.9 Å². The summed E-state index contributed by atoms with van der Waals surface area (Å²) in [7, 11) is 1.71. The van der Waals surface area contributed by atoms with Crippen LogP contribution in [0.4, 0.5) is 4.79 Å². The first-order chi connectivity index (χ1) is 5.22. The van der Waals surface area contributed by atoms with Gasteiger partial charge in [-0.3, -0.25) is 0 Å². The van der Waals surface area contributed by atoms with E-state index in [1.807, 2.05) is 0 Å². The highest BCUT2D eigenvalue weighted by atomic mass is 16.2. The van der Waals surface area contributed by atoms with Gasteiger partial charge in [-0.15, -0.1) is 0 Å². The molecular weight excluding hydrogens is 142 g/mol. The van der Waals surface area contributed by atoms with E-state index >= 15 is 0 Å². The summed E-state index contributed by atoms with van der Waals surface area (Å²) in [5, 5.41) is 0. The average molecular weight is 157 g/mol. The molecule has 0 spiro atoms. The van der Waals surface area contributed by atoms with Crippen molar-refractivity contribution in [3.63, 3.8) is 0 Å². The van der Waals surface area contributed by atoms with E-state index < -0.39 is 0 Å². The summed E-state index contributed by atoms with van der Waals surface area (Å²) in [6.07, 6.45) is 3.09. The van der Waals surface area contributed by atoms with Crippen molar-refractivity contribution in [3.8, 4) is 0 Å². The lowest BCUT2D eigenvalue weighted by atomic mass is 10.3. The van der Waals surface area contributed by atoms with Crippen LogP contribution in [0.1, 0.15) is 19.8 Å². The lowest BCUT2D eigenvalue weighted by molar-refractivity contribution is 0.218. The maximum absolute atomic E-state index is 10.9. The topological polar surface area (TPSA) is 58.7 Å². The summed E-state index contributed by atoms with van der Waals surface area (Å²) >= 11 is 0. The van der Waals surface area contributed by atoms with Crippen LogP contribution in [0.25, 0.3) is 0 Å². The minimum absolute atomic E-state index is 0.277. The fraction of sp³-hybridized carbons (Fsp3) is 0.714. The van der Waals surface area contributed by atoms with Gasteiger partial charge in [0, 0.05) is 13.6 Å². The predicted octanol–water partition coefficient (Wildman–Crippen LogP) is 0.825. The number of aliphatic imine (C=N–C) groups is 1. The van der Waals surface area contributed by atoms with Crippen molar-refractivity contribution in [2.75, 3.05) is 13.6 Å². The number of urea groups is 1. The quantitative estimate of drug-likeness (QED) is 0.487. The van der Waals surface area contributed by atoms with Crippen LogP contribution in [0.5, 0.6) is 0 Å². The van der Waals surface area contributed by atoms with Gasteiger partial charge in [0.1, 0.15) is 0 Å². The first-order valence-electron chi connectivity index (χ1n) is 3.71. The van der Waals surface area contributed by atoms with Gasteiger partial charge in [-0.25, -0.2) is 4.79 Å². The van der Waals surface area contributed by atoms with Crippen LogP contribution in [0.3, 0.4) is 0 Å². The molecule has 64 valence electrons. The van der Waals surface area contributed by atoms with Gasteiger partial charge in [0.05, 0.1) is 6.34 Å². The van der Waals surface area contributed by atoms with Crippen molar-refractivity contribution in [1.82, 2.24) is 4.90 Å². The third-order valence-corrected chi connectivity index (χ3v) is 1.36. The molecule has 0 rings (SSSR count). The lowest BCUT2D eigenvalue weighted by Crippen LogP contribution is -2.25. The lowest BCUT2D eigenvalue weighted by Gasteiger charge is -2.12. The Morgan fingerprint density at radius 2 is 2.36 bits per heavy atom. The number of carbonyl (C=O) groups is 1. The molecule has 0 aromatic rings. The fourth-order valence-electron chi connectivity index (χ4n) is 0.653. The molecule has 2 N–H and O–H groups in total. The van der Waals surface area contributed by atoms with Crippen molar-refractivity contribution >= 4 is 12.4 Å². The van der Waals surface area contributed by atoms with Gasteiger partial charge < -0.3 is 10.6 Å². The highest BCUT2D eigenvalue weighted by Gasteiger charge is 2.03. The van der Waals surface area contributed by atoms with E-state index in [1.54, 1.807) is 11.9 Å². The van der Waals surface area contributed by atoms with E-state index in [0.717, 1.165) is 25.7 Å². The van der Waals surface area contributed by atoms with Crippen LogP contribution >= 0.6 is 0 Å². The van der Waals surface area contributed by atoms with E-state index in [0.29, 0.717) is 0 Å². The third-order valence-electron chi connectivity index (χ3n) is 1.36. The Hall–Kier alpha value is -1.06. The molecule has 0 aliphatic heterocycles. The monoisotopic (exact) mass is 157 g/mol. The van der Waals surface area contributed by atoms with Crippen molar-refractivity contribution in [1.29, 1.82) is 0 Å². The predicted molar refractivity (Wildman–Crippen MR) is 45.6 cm³/mol. The Labute approximate surface area is 67.1 Å². The highest BCUT2D eigenvalue weighted by molar-refractivity contribution is 5.82. The molecular formula is C7H15N3O. The van der Waals surface area contributed by atoms with Crippen LogP contribution in [0, 0.1) is 0 Å². The Morgan fingerprint density at radius 1 is 1.73 bits per heavy atom. The standard InChI is InChI=1S/C7H15N3O/c1-3-4-5-10(2)7(11)9-6-8/h6H,3-5H2,1-2H3,(H2,8,9,11). The van der Waals surface area contributed by atoms with Gasteiger partial charge in [-0.05, 0) is 6.42 Å². The zero-order valence-corrected chi connectivity index (χ0v) is 7.08. The van der Waals surface area contributed by atoms with Gasteiger partial charge in [0.25, 0.3) is 0 Å². The first kappa shape index (κ1) is 9.94. The second-order valence-electron chi connectivity index (χ2n) is 2.34. The van der Waals surface area contributed by atoms with Crippen LogP contribution in [0.15, 0.2) is 4.99 Å². The zero-order valence-electron chi connectivity index (χ0n) is 7.08. The molecule has 0 atom stereocenters. The van der Waals surface area contributed by atoms with Gasteiger partial charge in [-0.1, -0.05) is 13.3 Å². The molecule has 0 radical (unpaired) electrons. The second-order valence-corrected chi connectivity index (χ2v) is 2.34. The summed E-state index contributed by atoms with van der Waals surface area (Å²) in [6, 6.07) is -0.277. The summed E-state index contributed by atoms with van der Waals surface area (Å²) in [6.45, 7) is 2.82. The molecule has 4 heteroatoms. The maximum Gasteiger partial charge on any atom is 0.344 e. The summed E-state index contributed by atoms with van der Waals surface area (Å²) < 4.78 is 0. The Kier molecular flexibility index (Phi) is 5.15. The Bertz CT molecular complexity index is 145. The largest absolute Gasteiger partial charge is 0.390 e. The molecule has 0 saturated carbocycles. The van der Waals surface area contributed by atoms with Crippen LogP contribution in [-0.2, 0) is 0 Å². The van der Waals surface area contributed by atoms with Crippen molar-refractivity contribution in [2.24, 2.45) is 10.7 Å². The van der Waals surface area contributed by atoms with E-state index in [9.17, 15) is 4.79 Å². The molecule has 4 nitrogen and oxygen atoms in total. The smallest absolute Gasteiger partial charge is 0.344 e. The van der Waals surface area contributed by atoms with Crippen molar-refractivity contribution < 1.29 is 4.79 Å². The number of rotatable bonds is 3. The molecule has 0 aliphatic rings. The number of amides is 2. The zero-order chi connectivity index (χ0) is 8.69. The molecule has 0 fully saturated rings. The number of nitrogens with two attached hydrogens (primary N) is 1. The molecule has 0 saturated heterocycles. The number of hydrogen-bond donors (Lipinski definition) is 1. The molecule has 2 amide bonds. The summed E-state index contributed by atoms with van der Waals surface area (Å²) in [5.41, 5.74) is 4.96. The van der Waals surface area contributed by atoms with Gasteiger partial charge in [0.15, 0.2) is 0 Å². The SMILES string of the molecule is CCCCN(C)C(=O)N=CN. The minimum atomic E-state index is -0.277. The van der Waals surface area contributed by atoms with E-state index in [2.05, 4.69) is 11.9 Å². The average Bonchev–Trinajstić information content (AvgIpc) is 2.00. The number of hydrogen-bond acceptors (Lipinski definition) is 1. The maximum atomic E-state index is 10.9. The minimum Gasteiger partial charge on any atom is -0.390 e. The molecule has 0 heterocycles. The normalized spacial score (nSPS) is 10.4. The molecule has 0 aromatic heterocycles. The fourth-order valence-corrected chi connectivity index (χ4v) is 0.653. The van der Waals surface area contributed by atoms with E-state index in [-0.39, 0.29) is 6.03 Å². The molecule has 0 aromatic carbocycles. The van der Waals surface area contributed by atoms with Crippen molar-refractivity contribution in [3.05, 3.63) is 0 Å². The van der Waals surface area contributed by atoms with Crippen molar-refractivity contribution in [2.45, 2.75) is 19.8 Å². The molecule has 0 unspecified atom stereocenters. The Balaban J connectivity index is 3.64. The number of carbonyl (C=O) groups excluding carboxylic acids is 1. The van der Waals surface area contributed by atoms with E-state index in [4.69, 9.17) is 5.73 Å². The van der Waals surface area contributed by atoms with Crippen LogP contribution < -0.4 is 5.73 Å². The Morgan fingerprint density at radius 3 is 2.82 bits per heavy atom. The van der Waals surface area contributed by atoms with Gasteiger partial charge in [0.2, 0.25) is 0 Å². The second kappa shape index (κ2) is 5.70. The van der Waals surface area contributed by atoms with Gasteiger partial charge in [-0.2, -0.15) is 4.99 Å². The van der Waals surface area contributed by atoms with E-state index in [1.165, 1.54) is 0 Å². The summed E-state index contributed by atoms with van der Waals surface area (Å²) in [4.78, 5) is 15.9. The molecule has 0 bridgehead atoms. The summed E-state index contributed by atoms with van der Waals surface area (Å²) in [5.74, 6) is 0. The highest BCUT2D eigenvalue weighted by Crippen LogP contribution is 1.93. The van der Waals surface area contributed by atoms with Crippen LogP contribution in [0.2, 0.25) is 0 Å². The molecule has 11 heavy (non-hydrogen) atoms. The first-order valence-corrected chi connectivity index (χ1v) is 3.71.